The summed E-state index contributed by atoms with van der Waals surface area (Å²) in [6.45, 7) is 3.58. The van der Waals surface area contributed by atoms with Crippen molar-refractivity contribution in [3.8, 4) is 0 Å². The van der Waals surface area contributed by atoms with Gasteiger partial charge in [-0.05, 0) is 44.4 Å². The molecule has 0 saturated carbocycles. The van der Waals surface area contributed by atoms with Crippen LogP contribution in [0, 0.1) is 0 Å². The summed E-state index contributed by atoms with van der Waals surface area (Å²) in [6.07, 6.45) is 6.53. The van der Waals surface area contributed by atoms with E-state index in [2.05, 4.69) is 9.88 Å². The molecule has 3 rings (SSSR count). The largest absolute Gasteiger partial charge is 0.396 e. The number of aliphatic hydroxyl groups is 1. The van der Waals surface area contributed by atoms with Crippen molar-refractivity contribution in [2.24, 2.45) is 0 Å². The summed E-state index contributed by atoms with van der Waals surface area (Å²) in [7, 11) is 0. The molecule has 2 N–H and O–H groups in total. The number of H-pyrrole nitrogens is 1. The number of likely N-dealkylation sites (tertiary alicyclic amines) is 1. The maximum Gasteiger partial charge on any atom is 0.326 e. The number of hydrogen-bond acceptors (Lipinski definition) is 3. The zero-order chi connectivity index (χ0) is 16.1. The molecule has 23 heavy (non-hydrogen) atoms. The van der Waals surface area contributed by atoms with Crippen LogP contribution in [0.4, 0.5) is 0 Å². The van der Waals surface area contributed by atoms with Gasteiger partial charge in [0.2, 0.25) is 0 Å². The molecule has 0 spiro atoms. The van der Waals surface area contributed by atoms with E-state index in [-0.39, 0.29) is 5.69 Å². The Labute approximate surface area is 136 Å². The number of aromatic amines is 1. The van der Waals surface area contributed by atoms with Gasteiger partial charge in [-0.3, -0.25) is 4.57 Å². The number of benzene rings is 1. The molecule has 2 heterocycles. The van der Waals surface area contributed by atoms with E-state index in [1.165, 1.54) is 12.8 Å². The predicted molar refractivity (Wildman–Crippen MR) is 92.8 cm³/mol. The van der Waals surface area contributed by atoms with Crippen LogP contribution in [0.3, 0.4) is 0 Å². The number of imidazole rings is 1. The Balaban J connectivity index is 1.54. The van der Waals surface area contributed by atoms with E-state index >= 15 is 0 Å². The topological polar surface area (TPSA) is 61.3 Å². The highest BCUT2D eigenvalue weighted by Crippen LogP contribution is 2.24. The fraction of sp³-hybridized carbons (Fsp3) is 0.611. The second kappa shape index (κ2) is 7.79. The van der Waals surface area contributed by atoms with Crippen molar-refractivity contribution < 1.29 is 5.11 Å². The Morgan fingerprint density at radius 1 is 1.09 bits per heavy atom. The molecule has 126 valence electrons. The molecule has 0 atom stereocenters. The molecule has 5 heteroatoms. The van der Waals surface area contributed by atoms with Crippen molar-refractivity contribution >= 4 is 11.0 Å². The molecular formula is C18H27N3O2. The summed E-state index contributed by atoms with van der Waals surface area (Å²) in [6, 6.07) is 8.26. The number of unbranched alkanes of at least 4 members (excludes halogenated alkanes) is 3. The molecule has 1 saturated heterocycles. The highest BCUT2D eigenvalue weighted by molar-refractivity contribution is 5.75. The number of para-hydroxylation sites is 2. The number of nitrogens with zero attached hydrogens (tertiary/aromatic N) is 2. The number of aromatic nitrogens is 2. The summed E-state index contributed by atoms with van der Waals surface area (Å²) in [4.78, 5) is 17.7. The van der Waals surface area contributed by atoms with Gasteiger partial charge in [0.05, 0.1) is 11.0 Å². The van der Waals surface area contributed by atoms with Gasteiger partial charge in [-0.15, -0.1) is 0 Å². The van der Waals surface area contributed by atoms with E-state index in [1.54, 1.807) is 0 Å². The van der Waals surface area contributed by atoms with Crippen LogP contribution in [0.1, 0.15) is 44.6 Å². The zero-order valence-electron chi connectivity index (χ0n) is 13.7. The molecule has 0 bridgehead atoms. The molecule has 5 nitrogen and oxygen atoms in total. The first-order valence-corrected chi connectivity index (χ1v) is 8.82. The number of fused-ring (bicyclic) bond motifs is 1. The molecule has 0 aliphatic carbocycles. The molecular weight excluding hydrogens is 290 g/mol. The van der Waals surface area contributed by atoms with Gasteiger partial charge < -0.3 is 15.0 Å². The van der Waals surface area contributed by atoms with Crippen LogP contribution in [0.25, 0.3) is 11.0 Å². The third-order valence-electron chi connectivity index (χ3n) is 4.93. The Morgan fingerprint density at radius 3 is 2.61 bits per heavy atom. The first kappa shape index (κ1) is 16.3. The van der Waals surface area contributed by atoms with Crippen molar-refractivity contribution in [1.82, 2.24) is 14.5 Å². The van der Waals surface area contributed by atoms with Gasteiger partial charge in [-0.1, -0.05) is 25.0 Å². The number of piperidine rings is 1. The Kier molecular flexibility index (Phi) is 5.51. The minimum atomic E-state index is 0.0219. The number of aliphatic hydroxyl groups excluding tert-OH is 1. The van der Waals surface area contributed by atoms with E-state index in [9.17, 15) is 4.79 Å². The summed E-state index contributed by atoms with van der Waals surface area (Å²) in [5.74, 6) is 0. The molecule has 2 aromatic rings. The van der Waals surface area contributed by atoms with Gasteiger partial charge in [-0.2, -0.15) is 0 Å². The Hall–Kier alpha value is -1.59. The normalized spacial score (nSPS) is 17.1. The highest BCUT2D eigenvalue weighted by Gasteiger charge is 2.23. The van der Waals surface area contributed by atoms with Crippen LogP contribution in [0.5, 0.6) is 0 Å². The fourth-order valence-electron chi connectivity index (χ4n) is 3.64. The summed E-state index contributed by atoms with van der Waals surface area (Å²) in [5.41, 5.74) is 1.98. The van der Waals surface area contributed by atoms with Crippen LogP contribution in [-0.2, 0) is 0 Å². The average molecular weight is 317 g/mol. The standard InChI is InChI=1S/C18H27N3O2/c22-14-6-2-1-5-11-20-12-9-15(10-13-20)21-17-8-4-3-7-16(17)19-18(21)23/h3-4,7-8,15,22H,1-2,5-6,9-14H2,(H,19,23). The third kappa shape index (κ3) is 3.85. The van der Waals surface area contributed by atoms with Gasteiger partial charge in [0.1, 0.15) is 0 Å². The van der Waals surface area contributed by atoms with Gasteiger partial charge in [-0.25, -0.2) is 4.79 Å². The molecule has 1 fully saturated rings. The molecule has 0 radical (unpaired) electrons. The summed E-state index contributed by atoms with van der Waals surface area (Å²) >= 11 is 0. The second-order valence-electron chi connectivity index (χ2n) is 6.53. The molecule has 0 amide bonds. The molecule has 1 aromatic carbocycles. The van der Waals surface area contributed by atoms with Gasteiger partial charge in [0.25, 0.3) is 0 Å². The van der Waals surface area contributed by atoms with Gasteiger partial charge >= 0.3 is 5.69 Å². The number of rotatable bonds is 7. The molecule has 1 aliphatic rings. The lowest BCUT2D eigenvalue weighted by atomic mass is 10.0. The Bertz CT molecular complexity index is 668. The van der Waals surface area contributed by atoms with E-state index in [1.807, 2.05) is 28.8 Å². The summed E-state index contributed by atoms with van der Waals surface area (Å²) < 4.78 is 1.95. The first-order valence-electron chi connectivity index (χ1n) is 8.82. The Morgan fingerprint density at radius 2 is 1.83 bits per heavy atom. The fourth-order valence-corrected chi connectivity index (χ4v) is 3.64. The van der Waals surface area contributed by atoms with Crippen LogP contribution >= 0.6 is 0 Å². The van der Waals surface area contributed by atoms with Crippen molar-refractivity contribution in [3.05, 3.63) is 34.7 Å². The molecule has 0 unspecified atom stereocenters. The summed E-state index contributed by atoms with van der Waals surface area (Å²) in [5, 5.41) is 8.79. The van der Waals surface area contributed by atoms with Crippen LogP contribution in [0.2, 0.25) is 0 Å². The van der Waals surface area contributed by atoms with Crippen molar-refractivity contribution in [1.29, 1.82) is 0 Å². The lowest BCUT2D eigenvalue weighted by Gasteiger charge is -2.32. The SMILES string of the molecule is O=c1[nH]c2ccccc2n1C1CCN(CCCCCCO)CC1. The monoisotopic (exact) mass is 317 g/mol. The van der Waals surface area contributed by atoms with Gasteiger partial charge in [0, 0.05) is 25.7 Å². The first-order chi connectivity index (χ1) is 11.3. The molecule has 1 aromatic heterocycles. The smallest absolute Gasteiger partial charge is 0.326 e. The lowest BCUT2D eigenvalue weighted by Crippen LogP contribution is -2.37. The van der Waals surface area contributed by atoms with Crippen LogP contribution in [0.15, 0.2) is 29.1 Å². The maximum atomic E-state index is 12.3. The quantitative estimate of drug-likeness (QED) is 0.771. The minimum absolute atomic E-state index is 0.0219. The van der Waals surface area contributed by atoms with E-state index in [0.717, 1.165) is 56.4 Å². The third-order valence-corrected chi connectivity index (χ3v) is 4.93. The minimum Gasteiger partial charge on any atom is -0.396 e. The van der Waals surface area contributed by atoms with Crippen molar-refractivity contribution in [2.75, 3.05) is 26.2 Å². The number of nitrogens with one attached hydrogen (secondary N) is 1. The second-order valence-corrected chi connectivity index (χ2v) is 6.53. The van der Waals surface area contributed by atoms with E-state index in [0.29, 0.717) is 12.6 Å². The van der Waals surface area contributed by atoms with Crippen LogP contribution < -0.4 is 5.69 Å². The maximum absolute atomic E-state index is 12.3. The van der Waals surface area contributed by atoms with E-state index < -0.39 is 0 Å². The van der Waals surface area contributed by atoms with Gasteiger partial charge in [0.15, 0.2) is 0 Å². The zero-order valence-corrected chi connectivity index (χ0v) is 13.7. The average Bonchev–Trinajstić information content (AvgIpc) is 2.91. The van der Waals surface area contributed by atoms with Crippen molar-refractivity contribution in [3.63, 3.8) is 0 Å². The van der Waals surface area contributed by atoms with Crippen LogP contribution in [-0.4, -0.2) is 45.8 Å². The number of hydrogen-bond donors (Lipinski definition) is 2. The molecule has 1 aliphatic heterocycles. The lowest BCUT2D eigenvalue weighted by molar-refractivity contribution is 0.183. The highest BCUT2D eigenvalue weighted by atomic mass is 16.2. The van der Waals surface area contributed by atoms with E-state index in [4.69, 9.17) is 5.11 Å². The predicted octanol–water partition coefficient (Wildman–Crippen LogP) is 2.52. The van der Waals surface area contributed by atoms with Crippen molar-refractivity contribution in [2.45, 2.75) is 44.6 Å².